The van der Waals surface area contributed by atoms with E-state index in [1.165, 1.54) is 4.57 Å². The molecule has 6 heteroatoms. The van der Waals surface area contributed by atoms with Crippen LogP contribution < -0.4 is 20.9 Å². The fourth-order valence-electron chi connectivity index (χ4n) is 1.83. The van der Waals surface area contributed by atoms with Gasteiger partial charge in [-0.15, -0.1) is 0 Å². The molecule has 0 unspecified atom stereocenters. The fourth-order valence-corrected chi connectivity index (χ4v) is 1.83. The second-order valence-electron chi connectivity index (χ2n) is 3.98. The first-order valence-electron chi connectivity index (χ1n) is 5.62. The maximum absolute atomic E-state index is 11.6. The third-order valence-corrected chi connectivity index (χ3v) is 2.84. The largest absolute Gasteiger partial charge is 0.493 e. The molecule has 0 aliphatic rings. The maximum Gasteiger partial charge on any atom is 0.349 e. The molecule has 0 aliphatic carbocycles. The predicted octanol–water partition coefficient (Wildman–Crippen LogP) is 1.05. The standard InChI is InChI=1S/C13H15N3O3/c1-16-9(7-12(14)15-13(16)17)8-4-5-10(18-2)11(6-8)19-3/h4-7H,1-3H3,(H2,14,15,17). The minimum Gasteiger partial charge on any atom is -0.493 e. The number of benzene rings is 1. The Labute approximate surface area is 110 Å². The lowest BCUT2D eigenvalue weighted by Crippen LogP contribution is -2.22. The third kappa shape index (κ3) is 2.37. The number of aromatic nitrogens is 2. The summed E-state index contributed by atoms with van der Waals surface area (Å²) in [6.07, 6.45) is 0. The van der Waals surface area contributed by atoms with E-state index < -0.39 is 5.69 Å². The Kier molecular flexibility index (Phi) is 3.41. The predicted molar refractivity (Wildman–Crippen MR) is 72.4 cm³/mol. The van der Waals surface area contributed by atoms with Gasteiger partial charge in [-0.1, -0.05) is 0 Å². The summed E-state index contributed by atoms with van der Waals surface area (Å²) in [5, 5.41) is 0. The monoisotopic (exact) mass is 261 g/mol. The molecule has 1 aromatic heterocycles. The number of hydrogen-bond donors (Lipinski definition) is 1. The van der Waals surface area contributed by atoms with Crippen LogP contribution in [0.25, 0.3) is 11.3 Å². The molecule has 1 heterocycles. The van der Waals surface area contributed by atoms with E-state index >= 15 is 0 Å². The van der Waals surface area contributed by atoms with Gasteiger partial charge in [0.25, 0.3) is 0 Å². The second-order valence-corrected chi connectivity index (χ2v) is 3.98. The minimum absolute atomic E-state index is 0.188. The third-order valence-electron chi connectivity index (χ3n) is 2.84. The number of nitrogens with zero attached hydrogens (tertiary/aromatic N) is 2. The van der Waals surface area contributed by atoms with Gasteiger partial charge in [0, 0.05) is 18.7 Å². The van der Waals surface area contributed by atoms with E-state index in [-0.39, 0.29) is 5.82 Å². The van der Waals surface area contributed by atoms with Crippen molar-refractivity contribution in [1.82, 2.24) is 9.55 Å². The first-order valence-corrected chi connectivity index (χ1v) is 5.62. The molecule has 1 aromatic carbocycles. The summed E-state index contributed by atoms with van der Waals surface area (Å²) in [4.78, 5) is 15.3. The zero-order valence-electron chi connectivity index (χ0n) is 11.0. The lowest BCUT2D eigenvalue weighted by atomic mass is 10.1. The Morgan fingerprint density at radius 2 is 1.84 bits per heavy atom. The molecule has 0 bridgehead atoms. The Morgan fingerprint density at radius 1 is 1.16 bits per heavy atom. The lowest BCUT2D eigenvalue weighted by molar-refractivity contribution is 0.355. The molecular formula is C13H15N3O3. The molecule has 0 saturated carbocycles. The van der Waals surface area contributed by atoms with Crippen LogP contribution in [-0.4, -0.2) is 23.8 Å². The normalized spacial score (nSPS) is 10.3. The van der Waals surface area contributed by atoms with Crippen LogP contribution in [0.2, 0.25) is 0 Å². The van der Waals surface area contributed by atoms with E-state index in [2.05, 4.69) is 4.98 Å². The molecule has 0 aliphatic heterocycles. The molecule has 0 spiro atoms. The highest BCUT2D eigenvalue weighted by Crippen LogP contribution is 2.31. The molecule has 6 nitrogen and oxygen atoms in total. The molecule has 100 valence electrons. The highest BCUT2D eigenvalue weighted by Gasteiger charge is 2.10. The first kappa shape index (κ1) is 12.9. The Bertz CT molecular complexity index is 665. The van der Waals surface area contributed by atoms with Gasteiger partial charge in [0.15, 0.2) is 11.5 Å². The van der Waals surface area contributed by atoms with Gasteiger partial charge in [0.2, 0.25) is 0 Å². The van der Waals surface area contributed by atoms with Gasteiger partial charge in [-0.25, -0.2) is 4.79 Å². The number of ether oxygens (including phenoxy) is 2. The molecular weight excluding hydrogens is 246 g/mol. The average molecular weight is 261 g/mol. The summed E-state index contributed by atoms with van der Waals surface area (Å²) >= 11 is 0. The van der Waals surface area contributed by atoms with Crippen molar-refractivity contribution < 1.29 is 9.47 Å². The Balaban J connectivity index is 2.62. The number of anilines is 1. The molecule has 0 atom stereocenters. The molecule has 2 rings (SSSR count). The van der Waals surface area contributed by atoms with Gasteiger partial charge >= 0.3 is 5.69 Å². The molecule has 2 N–H and O–H groups in total. The van der Waals surface area contributed by atoms with E-state index in [4.69, 9.17) is 15.2 Å². The van der Waals surface area contributed by atoms with Gasteiger partial charge < -0.3 is 15.2 Å². The molecule has 2 aromatic rings. The lowest BCUT2D eigenvalue weighted by Gasteiger charge is -2.12. The van der Waals surface area contributed by atoms with E-state index in [1.54, 1.807) is 39.5 Å². The zero-order valence-corrected chi connectivity index (χ0v) is 11.0. The molecule has 19 heavy (non-hydrogen) atoms. The van der Waals surface area contributed by atoms with E-state index in [0.717, 1.165) is 5.56 Å². The first-order chi connectivity index (χ1) is 9.06. The van der Waals surface area contributed by atoms with Crippen LogP contribution in [0.15, 0.2) is 29.1 Å². The van der Waals surface area contributed by atoms with Gasteiger partial charge in [0.1, 0.15) is 5.82 Å². The van der Waals surface area contributed by atoms with Crippen LogP contribution >= 0.6 is 0 Å². The van der Waals surface area contributed by atoms with Gasteiger partial charge in [-0.05, 0) is 18.2 Å². The van der Waals surface area contributed by atoms with Crippen LogP contribution in [0.3, 0.4) is 0 Å². The minimum atomic E-state index is -0.398. The van der Waals surface area contributed by atoms with E-state index in [0.29, 0.717) is 17.2 Å². The highest BCUT2D eigenvalue weighted by molar-refractivity contribution is 5.66. The summed E-state index contributed by atoms with van der Waals surface area (Å²) in [7, 11) is 4.76. The fraction of sp³-hybridized carbons (Fsp3) is 0.231. The van der Waals surface area contributed by atoms with Crippen LogP contribution in [0.5, 0.6) is 11.5 Å². The summed E-state index contributed by atoms with van der Waals surface area (Å²) < 4.78 is 11.8. The average Bonchev–Trinajstić information content (AvgIpc) is 2.42. The summed E-state index contributed by atoms with van der Waals surface area (Å²) in [6, 6.07) is 7.03. The summed E-state index contributed by atoms with van der Waals surface area (Å²) in [5.74, 6) is 1.40. The topological polar surface area (TPSA) is 79.4 Å². The number of nitrogen functional groups attached to an aromatic ring is 1. The summed E-state index contributed by atoms with van der Waals surface area (Å²) in [6.45, 7) is 0. The SMILES string of the molecule is COc1ccc(-c2cc(N)nc(=O)n2C)cc1OC. The van der Waals surface area contributed by atoms with Crippen LogP contribution in [0.4, 0.5) is 5.82 Å². The van der Waals surface area contributed by atoms with Crippen LogP contribution in [-0.2, 0) is 7.05 Å². The number of hydrogen-bond acceptors (Lipinski definition) is 5. The molecule has 0 amide bonds. The van der Waals surface area contributed by atoms with Crippen molar-refractivity contribution in [2.45, 2.75) is 0 Å². The van der Waals surface area contributed by atoms with Crippen molar-refractivity contribution in [3.8, 4) is 22.8 Å². The Hall–Kier alpha value is -2.50. The van der Waals surface area contributed by atoms with Crippen molar-refractivity contribution in [1.29, 1.82) is 0 Å². The smallest absolute Gasteiger partial charge is 0.349 e. The maximum atomic E-state index is 11.6. The number of methoxy groups -OCH3 is 2. The van der Waals surface area contributed by atoms with Crippen molar-refractivity contribution >= 4 is 5.82 Å². The molecule has 0 saturated heterocycles. The second kappa shape index (κ2) is 5.01. The van der Waals surface area contributed by atoms with Gasteiger partial charge in [-0.3, -0.25) is 4.57 Å². The van der Waals surface area contributed by atoms with Crippen LogP contribution in [0.1, 0.15) is 0 Å². The Morgan fingerprint density at radius 3 is 2.47 bits per heavy atom. The van der Waals surface area contributed by atoms with E-state index in [1.807, 2.05) is 6.07 Å². The van der Waals surface area contributed by atoms with Crippen molar-refractivity contribution in [2.24, 2.45) is 7.05 Å². The highest BCUT2D eigenvalue weighted by atomic mass is 16.5. The zero-order chi connectivity index (χ0) is 14.0. The van der Waals surface area contributed by atoms with Gasteiger partial charge in [-0.2, -0.15) is 4.98 Å². The van der Waals surface area contributed by atoms with Crippen molar-refractivity contribution in [2.75, 3.05) is 20.0 Å². The van der Waals surface area contributed by atoms with Crippen LogP contribution in [0, 0.1) is 0 Å². The van der Waals surface area contributed by atoms with Gasteiger partial charge in [0.05, 0.1) is 19.9 Å². The quantitative estimate of drug-likeness (QED) is 0.893. The van der Waals surface area contributed by atoms with E-state index in [9.17, 15) is 4.79 Å². The molecule has 0 radical (unpaired) electrons. The van der Waals surface area contributed by atoms with Crippen molar-refractivity contribution in [3.63, 3.8) is 0 Å². The molecule has 0 fully saturated rings. The number of rotatable bonds is 3. The number of nitrogens with two attached hydrogens (primary N) is 1. The summed E-state index contributed by atoms with van der Waals surface area (Å²) in [5.41, 5.74) is 6.68. The van der Waals surface area contributed by atoms with Crippen molar-refractivity contribution in [3.05, 3.63) is 34.7 Å².